The summed E-state index contributed by atoms with van der Waals surface area (Å²) in [7, 11) is 0. The Morgan fingerprint density at radius 3 is 2.74 bits per heavy atom. The van der Waals surface area contributed by atoms with E-state index in [9.17, 15) is 4.79 Å². The van der Waals surface area contributed by atoms with Crippen LogP contribution in [0, 0.1) is 13.8 Å². The van der Waals surface area contributed by atoms with Gasteiger partial charge in [0.25, 0.3) is 5.91 Å². The number of aromatic nitrogens is 3. The van der Waals surface area contributed by atoms with Crippen LogP contribution in [-0.2, 0) is 0 Å². The Morgan fingerprint density at radius 1 is 1.35 bits per heavy atom. The molecule has 1 amide bonds. The number of rotatable bonds is 3. The van der Waals surface area contributed by atoms with Crippen molar-refractivity contribution in [2.24, 2.45) is 0 Å². The van der Waals surface area contributed by atoms with E-state index in [2.05, 4.69) is 41.8 Å². The Morgan fingerprint density at radius 2 is 2.13 bits per heavy atom. The zero-order chi connectivity index (χ0) is 16.6. The molecule has 5 nitrogen and oxygen atoms in total. The highest BCUT2D eigenvalue weighted by molar-refractivity contribution is 5.95. The molecular weight excluding hydrogens is 288 g/mol. The van der Waals surface area contributed by atoms with Crippen LogP contribution in [0.3, 0.4) is 0 Å². The first-order valence-electron chi connectivity index (χ1n) is 8.44. The summed E-state index contributed by atoms with van der Waals surface area (Å²) in [5, 5.41) is 0. The van der Waals surface area contributed by atoms with Crippen molar-refractivity contribution in [2.45, 2.75) is 52.6 Å². The largest absolute Gasteiger partial charge is 0.346 e. The lowest BCUT2D eigenvalue weighted by Crippen LogP contribution is -2.40. The summed E-state index contributed by atoms with van der Waals surface area (Å²) in [4.78, 5) is 19.1. The molecule has 2 aromatic heterocycles. The van der Waals surface area contributed by atoms with Gasteiger partial charge in [-0.25, -0.2) is 4.98 Å². The van der Waals surface area contributed by atoms with Crippen LogP contribution >= 0.6 is 0 Å². The maximum Gasteiger partial charge on any atom is 0.255 e. The van der Waals surface area contributed by atoms with Crippen LogP contribution in [-0.4, -0.2) is 38.0 Å². The van der Waals surface area contributed by atoms with Crippen molar-refractivity contribution in [3.05, 3.63) is 41.7 Å². The SMILES string of the molecule is Cc1cc(C(=O)N2CCC[C@H](n3ccnc3)C2)c(C)n1C(C)C. The van der Waals surface area contributed by atoms with E-state index in [0.717, 1.165) is 42.9 Å². The quantitative estimate of drug-likeness (QED) is 0.872. The molecule has 0 unspecified atom stereocenters. The predicted molar refractivity (Wildman–Crippen MR) is 90.7 cm³/mol. The number of hydrogen-bond donors (Lipinski definition) is 0. The molecule has 0 saturated carbocycles. The van der Waals surface area contributed by atoms with Crippen molar-refractivity contribution in [3.63, 3.8) is 0 Å². The number of carbonyl (C=O) groups is 1. The molecule has 3 heterocycles. The molecule has 3 rings (SSSR count). The minimum atomic E-state index is 0.162. The smallest absolute Gasteiger partial charge is 0.255 e. The summed E-state index contributed by atoms with van der Waals surface area (Å²) in [6.07, 6.45) is 7.78. The van der Waals surface area contributed by atoms with Gasteiger partial charge in [0.05, 0.1) is 17.9 Å². The van der Waals surface area contributed by atoms with Gasteiger partial charge in [-0.05, 0) is 46.6 Å². The van der Waals surface area contributed by atoms with E-state index in [1.807, 2.05) is 23.5 Å². The topological polar surface area (TPSA) is 43.1 Å². The molecule has 1 aliphatic rings. The fraction of sp³-hybridized carbons (Fsp3) is 0.556. The van der Waals surface area contributed by atoms with Crippen molar-refractivity contribution in [2.75, 3.05) is 13.1 Å². The lowest BCUT2D eigenvalue weighted by Gasteiger charge is -2.33. The van der Waals surface area contributed by atoms with Crippen LogP contribution < -0.4 is 0 Å². The van der Waals surface area contributed by atoms with Gasteiger partial charge >= 0.3 is 0 Å². The summed E-state index contributed by atoms with van der Waals surface area (Å²) in [5.74, 6) is 0.162. The molecule has 0 spiro atoms. The second-order valence-corrected chi connectivity index (χ2v) is 6.81. The fourth-order valence-corrected chi connectivity index (χ4v) is 3.83. The van der Waals surface area contributed by atoms with Gasteiger partial charge in [0, 0.05) is 42.9 Å². The van der Waals surface area contributed by atoms with E-state index in [4.69, 9.17) is 0 Å². The molecule has 2 aromatic rings. The van der Waals surface area contributed by atoms with Gasteiger partial charge in [-0.1, -0.05) is 0 Å². The zero-order valence-electron chi connectivity index (χ0n) is 14.5. The molecule has 0 radical (unpaired) electrons. The van der Waals surface area contributed by atoms with Crippen LogP contribution in [0.5, 0.6) is 0 Å². The van der Waals surface area contributed by atoms with Gasteiger partial charge in [-0.3, -0.25) is 4.79 Å². The molecule has 23 heavy (non-hydrogen) atoms. The number of carbonyl (C=O) groups excluding carboxylic acids is 1. The number of amides is 1. The summed E-state index contributed by atoms with van der Waals surface area (Å²) in [5.41, 5.74) is 3.08. The van der Waals surface area contributed by atoms with E-state index in [1.54, 1.807) is 6.20 Å². The lowest BCUT2D eigenvalue weighted by atomic mass is 10.0. The van der Waals surface area contributed by atoms with Gasteiger partial charge in [-0.2, -0.15) is 0 Å². The summed E-state index contributed by atoms with van der Waals surface area (Å²) in [6.45, 7) is 10.1. The number of piperidine rings is 1. The van der Waals surface area contributed by atoms with Gasteiger partial charge < -0.3 is 14.0 Å². The molecule has 0 aromatic carbocycles. The highest BCUT2D eigenvalue weighted by Gasteiger charge is 2.27. The highest BCUT2D eigenvalue weighted by Crippen LogP contribution is 2.26. The Balaban J connectivity index is 1.82. The predicted octanol–water partition coefficient (Wildman–Crippen LogP) is 3.36. The van der Waals surface area contributed by atoms with E-state index in [-0.39, 0.29) is 5.91 Å². The third-order valence-electron chi connectivity index (χ3n) is 4.86. The first-order valence-corrected chi connectivity index (χ1v) is 8.44. The standard InChI is InChI=1S/C18H26N4O/c1-13(2)22-14(3)10-17(15(22)4)18(23)20-8-5-6-16(11-20)21-9-7-19-12-21/h7,9-10,12-13,16H,5-6,8,11H2,1-4H3/t16-/m0/s1. The Kier molecular flexibility index (Phi) is 4.28. The Hall–Kier alpha value is -2.04. The monoisotopic (exact) mass is 314 g/mol. The van der Waals surface area contributed by atoms with Crippen molar-refractivity contribution in [1.82, 2.24) is 19.0 Å². The molecule has 0 bridgehead atoms. The minimum Gasteiger partial charge on any atom is -0.346 e. The summed E-state index contributed by atoms with van der Waals surface area (Å²) in [6, 6.07) is 2.75. The number of aryl methyl sites for hydroxylation is 1. The number of likely N-dealkylation sites (tertiary alicyclic amines) is 1. The molecule has 0 aliphatic carbocycles. The molecule has 1 atom stereocenters. The van der Waals surface area contributed by atoms with Crippen molar-refractivity contribution in [3.8, 4) is 0 Å². The van der Waals surface area contributed by atoms with Crippen molar-refractivity contribution >= 4 is 5.91 Å². The Labute approximate surface area is 137 Å². The Bertz CT molecular complexity index is 684. The van der Waals surface area contributed by atoms with Crippen LogP contribution in [0.1, 0.15) is 60.5 Å². The molecule has 1 fully saturated rings. The highest BCUT2D eigenvalue weighted by atomic mass is 16.2. The minimum absolute atomic E-state index is 0.162. The van der Waals surface area contributed by atoms with Gasteiger partial charge in [0.1, 0.15) is 0 Å². The van der Waals surface area contributed by atoms with Crippen LogP contribution in [0.15, 0.2) is 24.8 Å². The van der Waals surface area contributed by atoms with Crippen molar-refractivity contribution < 1.29 is 4.79 Å². The van der Waals surface area contributed by atoms with E-state index < -0.39 is 0 Å². The molecule has 5 heteroatoms. The molecule has 1 saturated heterocycles. The van der Waals surface area contributed by atoms with E-state index in [0.29, 0.717) is 12.1 Å². The normalized spacial score (nSPS) is 18.7. The summed E-state index contributed by atoms with van der Waals surface area (Å²) < 4.78 is 4.36. The van der Waals surface area contributed by atoms with Gasteiger partial charge in [-0.15, -0.1) is 0 Å². The lowest BCUT2D eigenvalue weighted by molar-refractivity contribution is 0.0678. The first kappa shape index (κ1) is 15.8. The van der Waals surface area contributed by atoms with Crippen LogP contribution in [0.25, 0.3) is 0 Å². The van der Waals surface area contributed by atoms with E-state index >= 15 is 0 Å². The second kappa shape index (κ2) is 6.22. The summed E-state index contributed by atoms with van der Waals surface area (Å²) >= 11 is 0. The third-order valence-corrected chi connectivity index (χ3v) is 4.86. The molecule has 124 valence electrons. The van der Waals surface area contributed by atoms with Gasteiger partial charge in [0.15, 0.2) is 0 Å². The van der Waals surface area contributed by atoms with Gasteiger partial charge in [0.2, 0.25) is 0 Å². The zero-order valence-corrected chi connectivity index (χ0v) is 14.5. The average Bonchev–Trinajstić information content (AvgIpc) is 3.15. The third kappa shape index (κ3) is 2.92. The average molecular weight is 314 g/mol. The molecular formula is C18H26N4O. The second-order valence-electron chi connectivity index (χ2n) is 6.81. The van der Waals surface area contributed by atoms with Crippen LogP contribution in [0.2, 0.25) is 0 Å². The van der Waals surface area contributed by atoms with E-state index in [1.165, 1.54) is 0 Å². The van der Waals surface area contributed by atoms with Crippen LogP contribution in [0.4, 0.5) is 0 Å². The number of hydrogen-bond acceptors (Lipinski definition) is 2. The number of imidazole rings is 1. The maximum absolute atomic E-state index is 13.0. The molecule has 1 aliphatic heterocycles. The number of nitrogens with zero attached hydrogens (tertiary/aromatic N) is 4. The fourth-order valence-electron chi connectivity index (χ4n) is 3.83. The first-order chi connectivity index (χ1) is 11.0. The molecule has 0 N–H and O–H groups in total. The maximum atomic E-state index is 13.0. The van der Waals surface area contributed by atoms with Crippen molar-refractivity contribution in [1.29, 1.82) is 0 Å².